The summed E-state index contributed by atoms with van der Waals surface area (Å²) in [5.41, 5.74) is 9.60. The van der Waals surface area contributed by atoms with Gasteiger partial charge in [-0.2, -0.15) is 0 Å². The number of rotatable bonds is 6. The Bertz CT molecular complexity index is 502. The summed E-state index contributed by atoms with van der Waals surface area (Å²) < 4.78 is 0. The van der Waals surface area contributed by atoms with Gasteiger partial charge in [-0.25, -0.2) is 0 Å². The molecule has 116 valence electrons. The number of benzene rings is 1. The molecular weight excluding hydrogens is 276 g/mol. The minimum atomic E-state index is 0.450. The second-order valence-electron chi connectivity index (χ2n) is 7.07. The molecule has 1 aromatic rings. The molecule has 0 saturated heterocycles. The monoisotopic (exact) mass is 304 g/mol. The third-order valence-electron chi connectivity index (χ3n) is 4.60. The molecule has 0 amide bonds. The Morgan fingerprint density at radius 3 is 2.57 bits per heavy atom. The van der Waals surface area contributed by atoms with Crippen LogP contribution in [0.1, 0.15) is 57.1 Å². The predicted molar refractivity (Wildman–Crippen MR) is 95.9 cm³/mol. The van der Waals surface area contributed by atoms with Gasteiger partial charge in [-0.1, -0.05) is 45.0 Å². The van der Waals surface area contributed by atoms with Crippen LogP contribution in [0.3, 0.4) is 0 Å². The van der Waals surface area contributed by atoms with Gasteiger partial charge in [-0.05, 0) is 55.2 Å². The van der Waals surface area contributed by atoms with Gasteiger partial charge in [0.1, 0.15) is 4.99 Å². The summed E-state index contributed by atoms with van der Waals surface area (Å²) in [7, 11) is 0. The Labute approximate surface area is 134 Å². The molecule has 0 heterocycles. The van der Waals surface area contributed by atoms with Gasteiger partial charge < -0.3 is 11.1 Å². The normalized spacial score (nSPS) is 17.1. The molecule has 1 fully saturated rings. The highest BCUT2D eigenvalue weighted by Gasteiger charge is 2.34. The first-order chi connectivity index (χ1) is 9.92. The van der Waals surface area contributed by atoms with Crippen LogP contribution in [-0.2, 0) is 0 Å². The summed E-state index contributed by atoms with van der Waals surface area (Å²) in [4.78, 5) is 0.474. The van der Waals surface area contributed by atoms with E-state index in [4.69, 9.17) is 18.0 Å². The lowest BCUT2D eigenvalue weighted by atomic mass is 9.78. The van der Waals surface area contributed by atoms with E-state index in [-0.39, 0.29) is 0 Å². The molecule has 0 aromatic heterocycles. The number of nitrogens with two attached hydrogens (primary N) is 1. The van der Waals surface area contributed by atoms with E-state index in [2.05, 4.69) is 38.2 Å². The van der Waals surface area contributed by atoms with Crippen LogP contribution in [0.2, 0.25) is 0 Å². The lowest BCUT2D eigenvalue weighted by molar-refractivity contribution is 0.252. The fourth-order valence-electron chi connectivity index (χ4n) is 3.75. The second kappa shape index (κ2) is 6.78. The van der Waals surface area contributed by atoms with Crippen molar-refractivity contribution in [1.82, 2.24) is 0 Å². The molecule has 0 unspecified atom stereocenters. The maximum Gasteiger partial charge on any atom is 0.106 e. The molecule has 1 aromatic carbocycles. The molecule has 3 heteroatoms. The van der Waals surface area contributed by atoms with Gasteiger partial charge in [-0.3, -0.25) is 0 Å². The number of hydrogen-bond donors (Lipinski definition) is 2. The Hall–Kier alpha value is -1.09. The first-order valence-electron chi connectivity index (χ1n) is 8.06. The molecule has 1 aliphatic carbocycles. The number of anilines is 1. The molecule has 1 saturated carbocycles. The van der Waals surface area contributed by atoms with Gasteiger partial charge in [0.2, 0.25) is 0 Å². The Balaban J connectivity index is 2.14. The van der Waals surface area contributed by atoms with Crippen LogP contribution in [0.25, 0.3) is 0 Å². The summed E-state index contributed by atoms with van der Waals surface area (Å²) >= 11 is 5.18. The van der Waals surface area contributed by atoms with Crippen molar-refractivity contribution in [1.29, 1.82) is 0 Å². The minimum absolute atomic E-state index is 0.450. The summed E-state index contributed by atoms with van der Waals surface area (Å²) in [5.74, 6) is 0.748. The van der Waals surface area contributed by atoms with Crippen LogP contribution in [0.4, 0.5) is 5.69 Å². The molecule has 3 N–H and O–H groups in total. The second-order valence-corrected chi connectivity index (χ2v) is 7.51. The topological polar surface area (TPSA) is 38.0 Å². The fraction of sp³-hybridized carbons (Fsp3) is 0.611. The van der Waals surface area contributed by atoms with E-state index in [0.717, 1.165) is 23.7 Å². The molecule has 0 radical (unpaired) electrons. The van der Waals surface area contributed by atoms with Gasteiger partial charge >= 0.3 is 0 Å². The molecule has 1 aliphatic rings. The first kappa shape index (κ1) is 16.3. The van der Waals surface area contributed by atoms with E-state index in [9.17, 15) is 0 Å². The maximum atomic E-state index is 5.85. The van der Waals surface area contributed by atoms with Crippen molar-refractivity contribution in [3.63, 3.8) is 0 Å². The first-order valence-corrected chi connectivity index (χ1v) is 8.47. The molecule has 2 rings (SSSR count). The average Bonchev–Trinajstić information content (AvgIpc) is 2.84. The number of hydrogen-bond acceptors (Lipinski definition) is 2. The largest absolute Gasteiger partial charge is 0.389 e. The van der Waals surface area contributed by atoms with Gasteiger partial charge in [0, 0.05) is 17.8 Å². The van der Waals surface area contributed by atoms with Gasteiger partial charge in [-0.15, -0.1) is 0 Å². The van der Waals surface area contributed by atoms with Crippen molar-refractivity contribution in [2.75, 3.05) is 11.9 Å². The van der Waals surface area contributed by atoms with Gasteiger partial charge in [0.05, 0.1) is 0 Å². The minimum Gasteiger partial charge on any atom is -0.389 e. The van der Waals surface area contributed by atoms with Crippen LogP contribution >= 0.6 is 12.2 Å². The van der Waals surface area contributed by atoms with Crippen LogP contribution < -0.4 is 11.1 Å². The summed E-state index contributed by atoms with van der Waals surface area (Å²) in [6.45, 7) is 7.79. The van der Waals surface area contributed by atoms with Crippen LogP contribution in [-0.4, -0.2) is 11.5 Å². The highest BCUT2D eigenvalue weighted by molar-refractivity contribution is 7.80. The molecule has 2 nitrogen and oxygen atoms in total. The van der Waals surface area contributed by atoms with E-state index in [1.807, 2.05) is 6.07 Å². The number of thiocarbonyl (C=S) groups is 1. The van der Waals surface area contributed by atoms with Gasteiger partial charge in [0.25, 0.3) is 0 Å². The zero-order valence-corrected chi connectivity index (χ0v) is 14.4. The van der Waals surface area contributed by atoms with E-state index in [1.54, 1.807) is 0 Å². The molecular formula is C18H28N2S. The van der Waals surface area contributed by atoms with Crippen molar-refractivity contribution in [2.24, 2.45) is 17.1 Å². The molecule has 0 bridgehead atoms. The smallest absolute Gasteiger partial charge is 0.106 e. The van der Waals surface area contributed by atoms with Gasteiger partial charge in [0.15, 0.2) is 0 Å². The fourth-order valence-corrected chi connectivity index (χ4v) is 3.92. The Kier molecular flexibility index (Phi) is 5.26. The van der Waals surface area contributed by atoms with Crippen molar-refractivity contribution in [3.05, 3.63) is 29.3 Å². The average molecular weight is 305 g/mol. The van der Waals surface area contributed by atoms with E-state index >= 15 is 0 Å². The summed E-state index contributed by atoms with van der Waals surface area (Å²) in [5, 5.41) is 3.66. The standard InChI is InChI=1S/C18H28N2S/c1-13(2)11-18(8-4-5-9-18)12-20-16-10-14(3)6-7-15(16)17(19)21/h6-7,10,13,20H,4-5,8-9,11-12H2,1-3H3,(H2,19,21). The highest BCUT2D eigenvalue weighted by atomic mass is 32.1. The summed E-state index contributed by atoms with van der Waals surface area (Å²) in [6, 6.07) is 6.26. The quantitative estimate of drug-likeness (QED) is 0.751. The van der Waals surface area contributed by atoms with E-state index < -0.39 is 0 Å². The van der Waals surface area contributed by atoms with Crippen molar-refractivity contribution >= 4 is 22.9 Å². The molecule has 0 aliphatic heterocycles. The van der Waals surface area contributed by atoms with Crippen LogP contribution in [0.15, 0.2) is 18.2 Å². The number of aryl methyl sites for hydroxylation is 1. The highest BCUT2D eigenvalue weighted by Crippen LogP contribution is 2.43. The van der Waals surface area contributed by atoms with Crippen molar-refractivity contribution in [3.8, 4) is 0 Å². The van der Waals surface area contributed by atoms with Crippen molar-refractivity contribution in [2.45, 2.75) is 52.9 Å². The van der Waals surface area contributed by atoms with E-state index in [1.165, 1.54) is 37.7 Å². The third-order valence-corrected chi connectivity index (χ3v) is 4.82. The van der Waals surface area contributed by atoms with Crippen LogP contribution in [0.5, 0.6) is 0 Å². The van der Waals surface area contributed by atoms with E-state index in [0.29, 0.717) is 10.4 Å². The number of nitrogens with one attached hydrogen (secondary N) is 1. The Morgan fingerprint density at radius 1 is 1.33 bits per heavy atom. The molecule has 0 spiro atoms. The lowest BCUT2D eigenvalue weighted by Gasteiger charge is -2.32. The zero-order chi connectivity index (χ0) is 15.5. The predicted octanol–water partition coefficient (Wildman–Crippen LogP) is 4.65. The molecule has 0 atom stereocenters. The lowest BCUT2D eigenvalue weighted by Crippen LogP contribution is -2.29. The maximum absolute atomic E-state index is 5.85. The SMILES string of the molecule is Cc1ccc(C(N)=S)c(NCC2(CC(C)C)CCCC2)c1. The van der Waals surface area contributed by atoms with Crippen molar-refractivity contribution < 1.29 is 0 Å². The third kappa shape index (κ3) is 4.19. The molecule has 21 heavy (non-hydrogen) atoms. The zero-order valence-electron chi connectivity index (χ0n) is 13.5. The Morgan fingerprint density at radius 2 is 2.00 bits per heavy atom. The summed E-state index contributed by atoms with van der Waals surface area (Å²) in [6.07, 6.45) is 6.71. The van der Waals surface area contributed by atoms with Crippen LogP contribution in [0, 0.1) is 18.3 Å².